The molecular weight excluding hydrogens is 254 g/mol. The first-order valence-electron chi connectivity index (χ1n) is 6.51. The van der Waals surface area contributed by atoms with Crippen LogP contribution in [0.15, 0.2) is 18.2 Å². The van der Waals surface area contributed by atoms with Crippen LogP contribution in [0.1, 0.15) is 16.8 Å². The van der Waals surface area contributed by atoms with Crippen LogP contribution in [0.4, 0.5) is 5.69 Å². The maximum absolute atomic E-state index is 5.39. The lowest BCUT2D eigenvalue weighted by atomic mass is 10.2. The van der Waals surface area contributed by atoms with Crippen LogP contribution < -0.4 is 14.8 Å². The number of rotatable bonds is 5. The minimum absolute atomic E-state index is 0.675. The lowest BCUT2D eigenvalue weighted by molar-refractivity contribution is 0.370. The van der Waals surface area contributed by atoms with Gasteiger partial charge in [0.25, 0.3) is 0 Å². The van der Waals surface area contributed by atoms with E-state index in [4.69, 9.17) is 9.47 Å². The average Bonchev–Trinajstić information content (AvgIpc) is 2.70. The smallest absolute Gasteiger partial charge is 0.216 e. The minimum Gasteiger partial charge on any atom is -0.496 e. The molecule has 0 aliphatic heterocycles. The molecular formula is C15H21N3O2. The van der Waals surface area contributed by atoms with E-state index in [1.807, 2.05) is 33.0 Å². The molecule has 0 aliphatic rings. The molecule has 0 amide bonds. The predicted octanol–water partition coefficient (Wildman–Crippen LogP) is 2.67. The van der Waals surface area contributed by atoms with E-state index in [9.17, 15) is 0 Å². The van der Waals surface area contributed by atoms with Crippen molar-refractivity contribution in [2.24, 2.45) is 7.05 Å². The monoisotopic (exact) mass is 275 g/mol. The molecule has 0 saturated carbocycles. The van der Waals surface area contributed by atoms with E-state index in [0.29, 0.717) is 6.54 Å². The van der Waals surface area contributed by atoms with Gasteiger partial charge in [0.1, 0.15) is 5.75 Å². The Morgan fingerprint density at radius 3 is 2.55 bits per heavy atom. The molecule has 0 spiro atoms. The van der Waals surface area contributed by atoms with Gasteiger partial charge in [0.05, 0.1) is 25.5 Å². The first-order valence-corrected chi connectivity index (χ1v) is 6.51. The van der Waals surface area contributed by atoms with Gasteiger partial charge in [-0.05, 0) is 37.6 Å². The second kappa shape index (κ2) is 5.86. The van der Waals surface area contributed by atoms with Crippen molar-refractivity contribution < 1.29 is 9.47 Å². The molecule has 2 aromatic rings. The molecule has 108 valence electrons. The van der Waals surface area contributed by atoms with Gasteiger partial charge in [-0.15, -0.1) is 0 Å². The summed E-state index contributed by atoms with van der Waals surface area (Å²) in [5.41, 5.74) is 4.20. The van der Waals surface area contributed by atoms with E-state index in [0.717, 1.165) is 34.1 Å². The van der Waals surface area contributed by atoms with Gasteiger partial charge < -0.3 is 14.8 Å². The molecule has 0 bridgehead atoms. The summed E-state index contributed by atoms with van der Waals surface area (Å²) in [5.74, 6) is 1.69. The molecule has 2 rings (SSSR count). The highest BCUT2D eigenvalue weighted by atomic mass is 16.5. The molecule has 1 aromatic heterocycles. The number of hydrogen-bond donors (Lipinski definition) is 1. The number of ether oxygens (including phenoxy) is 2. The Morgan fingerprint density at radius 2 is 1.95 bits per heavy atom. The van der Waals surface area contributed by atoms with Crippen LogP contribution in [0.2, 0.25) is 0 Å². The Bertz CT molecular complexity index is 605. The third kappa shape index (κ3) is 2.71. The maximum atomic E-state index is 5.39. The molecule has 5 heteroatoms. The quantitative estimate of drug-likeness (QED) is 0.911. The molecule has 0 unspecified atom stereocenters. The van der Waals surface area contributed by atoms with Crippen molar-refractivity contribution in [3.63, 3.8) is 0 Å². The van der Waals surface area contributed by atoms with Crippen molar-refractivity contribution in [3.8, 4) is 11.6 Å². The van der Waals surface area contributed by atoms with E-state index in [-0.39, 0.29) is 0 Å². The maximum Gasteiger partial charge on any atom is 0.216 e. The summed E-state index contributed by atoms with van der Waals surface area (Å²) in [5, 5.41) is 7.76. The number of aromatic nitrogens is 2. The van der Waals surface area contributed by atoms with Crippen LogP contribution in [0.5, 0.6) is 11.6 Å². The molecule has 5 nitrogen and oxygen atoms in total. The van der Waals surface area contributed by atoms with Crippen LogP contribution in [-0.2, 0) is 13.6 Å². The number of hydrogen-bond acceptors (Lipinski definition) is 4. The molecule has 0 atom stereocenters. The third-order valence-electron chi connectivity index (χ3n) is 3.35. The molecule has 0 fully saturated rings. The zero-order valence-corrected chi connectivity index (χ0v) is 12.7. The second-order valence-electron chi connectivity index (χ2n) is 4.73. The minimum atomic E-state index is 0.675. The summed E-state index contributed by atoms with van der Waals surface area (Å²) >= 11 is 0. The number of aryl methyl sites for hydroxylation is 3. The van der Waals surface area contributed by atoms with Crippen LogP contribution in [0, 0.1) is 13.8 Å². The largest absolute Gasteiger partial charge is 0.496 e. The normalized spacial score (nSPS) is 10.4. The Balaban J connectivity index is 2.15. The SMILES string of the molecule is COc1ccc(NCc2c(C)nn(C)c2OC)cc1C. The van der Waals surface area contributed by atoms with Crippen LogP contribution in [0.25, 0.3) is 0 Å². The molecule has 1 aromatic carbocycles. The summed E-state index contributed by atoms with van der Waals surface area (Å²) in [6.07, 6.45) is 0. The van der Waals surface area contributed by atoms with Gasteiger partial charge in [-0.25, -0.2) is 4.68 Å². The fourth-order valence-electron chi connectivity index (χ4n) is 2.32. The van der Waals surface area contributed by atoms with Crippen molar-refractivity contribution in [1.29, 1.82) is 0 Å². The number of methoxy groups -OCH3 is 2. The van der Waals surface area contributed by atoms with Crippen molar-refractivity contribution in [1.82, 2.24) is 9.78 Å². The summed E-state index contributed by atoms with van der Waals surface area (Å²) in [6, 6.07) is 6.03. The third-order valence-corrected chi connectivity index (χ3v) is 3.35. The molecule has 0 radical (unpaired) electrons. The topological polar surface area (TPSA) is 48.3 Å². The first kappa shape index (κ1) is 14.2. The molecule has 20 heavy (non-hydrogen) atoms. The van der Waals surface area contributed by atoms with E-state index >= 15 is 0 Å². The Hall–Kier alpha value is -2.17. The van der Waals surface area contributed by atoms with Crippen molar-refractivity contribution in [3.05, 3.63) is 35.0 Å². The van der Waals surface area contributed by atoms with Crippen LogP contribution >= 0.6 is 0 Å². The zero-order valence-electron chi connectivity index (χ0n) is 12.7. The fraction of sp³-hybridized carbons (Fsp3) is 0.400. The van der Waals surface area contributed by atoms with Crippen molar-refractivity contribution >= 4 is 5.69 Å². The number of benzene rings is 1. The van der Waals surface area contributed by atoms with Crippen molar-refractivity contribution in [2.75, 3.05) is 19.5 Å². The Labute approximate surface area is 119 Å². The highest BCUT2D eigenvalue weighted by molar-refractivity contribution is 5.51. The van der Waals surface area contributed by atoms with E-state index in [1.54, 1.807) is 18.9 Å². The van der Waals surface area contributed by atoms with Gasteiger partial charge in [0, 0.05) is 19.3 Å². The predicted molar refractivity (Wildman–Crippen MR) is 79.6 cm³/mol. The highest BCUT2D eigenvalue weighted by Crippen LogP contribution is 2.24. The van der Waals surface area contributed by atoms with Crippen LogP contribution in [0.3, 0.4) is 0 Å². The summed E-state index contributed by atoms with van der Waals surface area (Å²) in [6.45, 7) is 4.69. The first-order chi connectivity index (χ1) is 9.56. The van der Waals surface area contributed by atoms with Gasteiger partial charge in [-0.2, -0.15) is 5.10 Å². The van der Waals surface area contributed by atoms with Gasteiger partial charge in [-0.3, -0.25) is 0 Å². The Morgan fingerprint density at radius 1 is 1.20 bits per heavy atom. The number of nitrogens with one attached hydrogen (secondary N) is 1. The van der Waals surface area contributed by atoms with E-state index < -0.39 is 0 Å². The number of nitrogens with zero attached hydrogens (tertiary/aromatic N) is 2. The standard InChI is InChI=1S/C15H21N3O2/c1-10-8-12(6-7-14(10)19-4)16-9-13-11(2)17-18(3)15(13)20-5/h6-8,16H,9H2,1-5H3. The lowest BCUT2D eigenvalue weighted by Crippen LogP contribution is -2.03. The average molecular weight is 275 g/mol. The summed E-state index contributed by atoms with van der Waals surface area (Å²) < 4.78 is 12.4. The van der Waals surface area contributed by atoms with Crippen molar-refractivity contribution in [2.45, 2.75) is 20.4 Å². The van der Waals surface area contributed by atoms with Gasteiger partial charge >= 0.3 is 0 Å². The lowest BCUT2D eigenvalue weighted by Gasteiger charge is -2.10. The van der Waals surface area contributed by atoms with Crippen LogP contribution in [-0.4, -0.2) is 24.0 Å². The van der Waals surface area contributed by atoms with Gasteiger partial charge in [0.2, 0.25) is 5.88 Å². The Kier molecular flexibility index (Phi) is 4.17. The second-order valence-corrected chi connectivity index (χ2v) is 4.73. The van der Waals surface area contributed by atoms with E-state index in [2.05, 4.69) is 16.5 Å². The van der Waals surface area contributed by atoms with Gasteiger partial charge in [-0.1, -0.05) is 0 Å². The molecule has 0 aliphatic carbocycles. The molecule has 0 saturated heterocycles. The van der Waals surface area contributed by atoms with E-state index in [1.165, 1.54) is 0 Å². The highest BCUT2D eigenvalue weighted by Gasteiger charge is 2.13. The summed E-state index contributed by atoms with van der Waals surface area (Å²) in [7, 11) is 5.23. The summed E-state index contributed by atoms with van der Waals surface area (Å²) in [4.78, 5) is 0. The van der Waals surface area contributed by atoms with Gasteiger partial charge in [0.15, 0.2) is 0 Å². The molecule has 1 N–H and O–H groups in total. The zero-order chi connectivity index (χ0) is 14.7. The number of anilines is 1. The fourth-order valence-corrected chi connectivity index (χ4v) is 2.32. The molecule has 1 heterocycles.